The number of hydrogen-bond acceptors (Lipinski definition) is 23. The van der Waals surface area contributed by atoms with E-state index in [4.69, 9.17) is 86.0 Å². The third kappa shape index (κ3) is 19.9. The highest BCUT2D eigenvalue weighted by molar-refractivity contribution is 5.85. The highest BCUT2D eigenvalue weighted by Crippen LogP contribution is 2.51. The van der Waals surface area contributed by atoms with Gasteiger partial charge in [0, 0.05) is 122 Å². The molecule has 7 atom stereocenters. The molecule has 7 heterocycles. The number of aliphatic carboxylic acids is 1. The fourth-order valence-corrected chi connectivity index (χ4v) is 15.0. The molecule has 7 aliphatic heterocycles. The Morgan fingerprint density at radius 3 is 1.29 bits per heavy atom. The molecule has 7 aliphatic rings. The van der Waals surface area contributed by atoms with E-state index in [2.05, 4.69) is 27.7 Å². The van der Waals surface area contributed by atoms with Gasteiger partial charge in [0.25, 0.3) is 0 Å². The summed E-state index contributed by atoms with van der Waals surface area (Å²) in [5.41, 5.74) is 6.35. The van der Waals surface area contributed by atoms with Crippen molar-refractivity contribution in [2.45, 2.75) is 84.5 Å². The van der Waals surface area contributed by atoms with Crippen LogP contribution in [0, 0.1) is 30.6 Å². The van der Waals surface area contributed by atoms with Crippen LogP contribution in [0.25, 0.3) is 6.08 Å². The number of nitrogens with zero attached hydrogens (tertiary/aromatic N) is 2. The number of piperidine rings is 2. The number of aromatic hydroxyl groups is 3. The minimum Gasteiger partial charge on any atom is -0.508 e. The smallest absolute Gasteiger partial charge is 0.328 e. The van der Waals surface area contributed by atoms with Crippen molar-refractivity contribution in [1.29, 1.82) is 0 Å². The largest absolute Gasteiger partial charge is 0.508 e. The molecular weight excluding hydrogens is 1440 g/mol. The Morgan fingerprint density at radius 2 is 0.857 bits per heavy atom. The molecule has 0 aromatic heterocycles. The van der Waals surface area contributed by atoms with Crippen LogP contribution < -0.4 is 75.8 Å². The predicted octanol–water partition coefficient (Wildman–Crippen LogP) is 14.4. The number of aryl methyl sites for hydroxylation is 1. The van der Waals surface area contributed by atoms with Crippen molar-refractivity contribution >= 4 is 29.8 Å². The van der Waals surface area contributed by atoms with Gasteiger partial charge >= 0.3 is 11.9 Å². The summed E-state index contributed by atoms with van der Waals surface area (Å²) in [5, 5.41) is 39.3. The molecule has 0 saturated carbocycles. The quantitative estimate of drug-likeness (QED) is 0.0352. The first-order chi connectivity index (χ1) is 53.9. The Labute approximate surface area is 650 Å². The highest BCUT2D eigenvalue weighted by Gasteiger charge is 2.37. The van der Waals surface area contributed by atoms with E-state index >= 15 is 0 Å². The molecule has 8 aromatic carbocycles. The van der Waals surface area contributed by atoms with Crippen molar-refractivity contribution < 1.29 is 115 Å². The van der Waals surface area contributed by atoms with Gasteiger partial charge in [0.05, 0.1) is 56.2 Å². The summed E-state index contributed by atoms with van der Waals surface area (Å²) in [6.45, 7) is 14.4. The van der Waals surface area contributed by atoms with Crippen LogP contribution in [0.3, 0.4) is 0 Å². The molecule has 2 amide bonds. The minimum absolute atomic E-state index is 0.0250. The number of methoxy groups -OCH3 is 7. The summed E-state index contributed by atoms with van der Waals surface area (Å²) in [5.74, 6) is 9.59. The summed E-state index contributed by atoms with van der Waals surface area (Å²) in [6.07, 6.45) is 5.48. The first kappa shape index (κ1) is 80.8. The Morgan fingerprint density at radius 1 is 0.455 bits per heavy atom. The first-order valence-electron chi connectivity index (χ1n) is 36.7. The van der Waals surface area contributed by atoms with E-state index in [1.807, 2.05) is 77.4 Å². The summed E-state index contributed by atoms with van der Waals surface area (Å²) >= 11 is 0. The number of likely N-dealkylation sites (tertiary alicyclic amines) is 2. The van der Waals surface area contributed by atoms with Gasteiger partial charge in [0.1, 0.15) is 63.2 Å². The second kappa shape index (κ2) is 37.0. The van der Waals surface area contributed by atoms with Crippen LogP contribution in [0.4, 0.5) is 0 Å². The number of rotatable bonds is 18. The van der Waals surface area contributed by atoms with Crippen molar-refractivity contribution in [2.75, 3.05) is 103 Å². The average Bonchev–Trinajstić information content (AvgIpc) is 1.18. The summed E-state index contributed by atoms with van der Waals surface area (Å²) in [4.78, 5) is 53.1. The number of carbonyl (C=O) groups excluding carboxylic acids is 3. The maximum Gasteiger partial charge on any atom is 0.328 e. The van der Waals surface area contributed by atoms with Crippen LogP contribution in [0.15, 0.2) is 133 Å². The van der Waals surface area contributed by atoms with E-state index in [0.29, 0.717) is 127 Å². The first-order valence-corrected chi connectivity index (χ1v) is 36.7. The zero-order chi connectivity index (χ0) is 79.9. The number of phenols is 3. The van der Waals surface area contributed by atoms with Gasteiger partial charge in [-0.15, -0.1) is 0 Å². The molecule has 0 radical (unpaired) electrons. The number of carboxylic acids is 1. The Kier molecular flexibility index (Phi) is 26.7. The normalized spacial score (nSPS) is 18.2. The lowest BCUT2D eigenvalue weighted by atomic mass is 9.85. The maximum absolute atomic E-state index is 13.4. The molecule has 2 saturated heterocycles. The van der Waals surface area contributed by atoms with Gasteiger partial charge in [-0.1, -0.05) is 52.0 Å². The number of fused-ring (bicyclic) bond motifs is 5. The number of carbonyl (C=O) groups is 4. The zero-order valence-corrected chi connectivity index (χ0v) is 64.9. The number of benzene rings is 8. The van der Waals surface area contributed by atoms with Crippen LogP contribution >= 0.6 is 0 Å². The SMILES string of the molecule is COc1cc(C)cc(O)c1.COc1cc(O)c(C(CC(=O)N2C[C@H](C)C[C@H](C)C2)c2ccc3c(c2)OCO3)c(OC)c1.COc1cc(O)c(C(CC(=O)N2C[C@H](C)C[C@H](C)C2)c2ccc3c(c2)OCO3)c(OC)c1.COc1cc(OC)c2c(c1)OC(=O)CC2c1ccc2c(c1)OCO2.O=C(O)/C=C/c1ccc2c(c1)OCO2. The van der Waals surface area contributed by atoms with Gasteiger partial charge in [-0.05, 0) is 138 Å². The monoisotopic (exact) mass is 1540 g/mol. The zero-order valence-electron chi connectivity index (χ0n) is 64.9. The number of carboxylic acid groups (broad SMARTS) is 1. The van der Waals surface area contributed by atoms with Crippen LogP contribution in [-0.4, -0.2) is 157 Å². The Hall–Kier alpha value is -12.2. The van der Waals surface area contributed by atoms with E-state index < -0.39 is 17.8 Å². The van der Waals surface area contributed by atoms with Gasteiger partial charge in [0.15, 0.2) is 46.0 Å². The summed E-state index contributed by atoms with van der Waals surface area (Å²) in [7, 11) is 10.9. The fraction of sp³-hybridized carbons (Fsp3) is 0.372. The Balaban J connectivity index is 0.000000146. The van der Waals surface area contributed by atoms with Crippen molar-refractivity contribution in [3.8, 4) is 109 Å². The Bertz CT molecular complexity index is 4510. The van der Waals surface area contributed by atoms with Crippen molar-refractivity contribution in [3.63, 3.8) is 0 Å². The molecule has 26 nitrogen and oxygen atoms in total. The van der Waals surface area contributed by atoms with E-state index in [-0.39, 0.29) is 87.4 Å². The maximum atomic E-state index is 13.4. The van der Waals surface area contributed by atoms with Crippen LogP contribution in [0.5, 0.6) is 109 Å². The highest BCUT2D eigenvalue weighted by atomic mass is 16.7. The molecule has 112 heavy (non-hydrogen) atoms. The average molecular weight is 1540 g/mol. The number of hydrogen-bond donors (Lipinski definition) is 4. The standard InChI is InChI=1S/2C25H31NO6.C18H16O6.C10H8O4.C8H10O2/c2*1-15-7-16(2)13-26(12-15)24(28)11-19(17-5-6-21-22(8-17)32-14-31-21)25-20(27)9-18(29-3)10-23(25)30-4;1-20-11-6-15(21-2)18-12(8-17(19)24-16(18)7-11)10-3-4-13-14(5-10)23-9-22-13;11-10(12)4-2-7-1-3-8-9(5-7)14-6-13-8;1-6-3-7(9)5-8(4-6)10-2/h2*5-6,8-10,15-16,19,27H,7,11-14H2,1-4H3;3-7,12H,8-9H2,1-2H3;1-5H,6H2,(H,11,12);3-5,9H,1-2H3/b;;;4-2+;/t2*15-,16+,19?;;;. The predicted molar refractivity (Wildman–Crippen MR) is 412 cm³/mol. The lowest BCUT2D eigenvalue weighted by molar-refractivity contribution is -0.136. The van der Waals surface area contributed by atoms with Crippen molar-refractivity contribution in [1.82, 2.24) is 9.80 Å². The number of phenolic OH excluding ortho intramolecular Hbond substituents is 3. The molecule has 0 bridgehead atoms. The van der Waals surface area contributed by atoms with E-state index in [1.165, 1.54) is 20.3 Å². The van der Waals surface area contributed by atoms with Crippen molar-refractivity contribution in [3.05, 3.63) is 178 Å². The lowest BCUT2D eigenvalue weighted by Crippen LogP contribution is -2.43. The second-order valence-corrected chi connectivity index (χ2v) is 28.3. The third-order valence-corrected chi connectivity index (χ3v) is 20.0. The molecule has 594 valence electrons. The van der Waals surface area contributed by atoms with Gasteiger partial charge in [-0.25, -0.2) is 4.79 Å². The van der Waals surface area contributed by atoms with E-state index in [9.17, 15) is 29.4 Å². The van der Waals surface area contributed by atoms with E-state index in [1.54, 1.807) is 102 Å². The van der Waals surface area contributed by atoms with Crippen molar-refractivity contribution in [2.24, 2.45) is 23.7 Å². The molecule has 0 spiro atoms. The molecule has 15 rings (SSSR count). The van der Waals surface area contributed by atoms with Gasteiger partial charge < -0.3 is 106 Å². The third-order valence-electron chi connectivity index (χ3n) is 20.0. The summed E-state index contributed by atoms with van der Waals surface area (Å²) < 4.78 is 86.0. The van der Waals surface area contributed by atoms with Crippen LogP contribution in [0.1, 0.15) is 122 Å². The summed E-state index contributed by atoms with van der Waals surface area (Å²) in [6, 6.07) is 37.4. The fourth-order valence-electron chi connectivity index (χ4n) is 15.0. The van der Waals surface area contributed by atoms with Gasteiger partial charge in [-0.3, -0.25) is 14.4 Å². The topological polar surface area (TPSA) is 303 Å². The molecule has 3 unspecified atom stereocenters. The molecule has 4 N–H and O–H groups in total. The van der Waals surface area contributed by atoms with Crippen LogP contribution in [-0.2, 0) is 19.2 Å². The van der Waals surface area contributed by atoms with E-state index in [0.717, 1.165) is 78.5 Å². The number of ether oxygens (including phenoxy) is 16. The second-order valence-electron chi connectivity index (χ2n) is 28.3. The molecule has 0 aliphatic carbocycles. The van der Waals surface area contributed by atoms with Crippen LogP contribution in [0.2, 0.25) is 0 Å². The number of esters is 1. The minimum atomic E-state index is -0.970. The molecule has 26 heteroatoms. The van der Waals surface area contributed by atoms with Gasteiger partial charge in [0.2, 0.25) is 39.0 Å². The lowest BCUT2D eigenvalue weighted by Gasteiger charge is -2.36. The number of amides is 2. The molecular formula is C86H96N2O24. The van der Waals surface area contributed by atoms with Gasteiger partial charge in [-0.2, -0.15) is 0 Å². The molecule has 2 fully saturated rings. The molecule has 8 aromatic rings.